The Kier molecular flexibility index (Phi) is 5.30. The molecule has 0 saturated carbocycles. The Morgan fingerprint density at radius 2 is 2.22 bits per heavy atom. The van der Waals surface area contributed by atoms with Gasteiger partial charge in [0.1, 0.15) is 23.5 Å². The molecule has 4 rings (SSSR count). The summed E-state index contributed by atoms with van der Waals surface area (Å²) in [6.07, 6.45) is 9.78. The van der Waals surface area contributed by atoms with Crippen LogP contribution >= 0.6 is 11.3 Å². The molecular weight excluding hydrogens is 364 g/mol. The molecule has 27 heavy (non-hydrogen) atoms. The van der Waals surface area contributed by atoms with Crippen molar-refractivity contribution in [2.24, 2.45) is 0 Å². The van der Waals surface area contributed by atoms with Gasteiger partial charge >= 0.3 is 0 Å². The number of carbonyl (C=O) groups is 1. The summed E-state index contributed by atoms with van der Waals surface area (Å²) in [5.74, 6) is 0.710. The Labute approximate surface area is 161 Å². The number of anilines is 2. The van der Waals surface area contributed by atoms with E-state index in [2.05, 4.69) is 25.7 Å². The van der Waals surface area contributed by atoms with Crippen molar-refractivity contribution < 1.29 is 9.53 Å². The zero-order valence-corrected chi connectivity index (χ0v) is 16.0. The molecule has 9 heteroatoms. The predicted molar refractivity (Wildman–Crippen MR) is 104 cm³/mol. The normalized spacial score (nSPS) is 13.5. The van der Waals surface area contributed by atoms with Gasteiger partial charge in [0, 0.05) is 24.7 Å². The number of hydrogen-bond donors (Lipinski definition) is 2. The Morgan fingerprint density at radius 1 is 1.33 bits per heavy atom. The maximum atomic E-state index is 11.9. The van der Waals surface area contributed by atoms with E-state index in [1.807, 2.05) is 6.20 Å². The van der Waals surface area contributed by atoms with Crippen LogP contribution in [0.2, 0.25) is 0 Å². The molecule has 0 bridgehead atoms. The van der Waals surface area contributed by atoms with Crippen molar-refractivity contribution in [3.63, 3.8) is 0 Å². The summed E-state index contributed by atoms with van der Waals surface area (Å²) in [5, 5.41) is 11.5. The number of thiophene rings is 1. The number of amides is 1. The van der Waals surface area contributed by atoms with Gasteiger partial charge in [-0.3, -0.25) is 9.48 Å². The number of nitrogens with zero attached hydrogens (tertiary/aromatic N) is 4. The van der Waals surface area contributed by atoms with E-state index in [1.54, 1.807) is 35.7 Å². The van der Waals surface area contributed by atoms with Crippen molar-refractivity contribution >= 4 is 39.0 Å². The van der Waals surface area contributed by atoms with E-state index in [4.69, 9.17) is 4.74 Å². The van der Waals surface area contributed by atoms with Gasteiger partial charge in [-0.15, -0.1) is 11.3 Å². The number of nitrogens with one attached hydrogen (secondary N) is 2. The van der Waals surface area contributed by atoms with Crippen molar-refractivity contribution in [3.05, 3.63) is 29.2 Å². The lowest BCUT2D eigenvalue weighted by Gasteiger charge is -2.11. The second kappa shape index (κ2) is 8.01. The molecule has 0 radical (unpaired) electrons. The second-order valence-electron chi connectivity index (χ2n) is 6.51. The molecule has 0 atom stereocenters. The largest absolute Gasteiger partial charge is 0.383 e. The molecule has 0 saturated heterocycles. The average Bonchev–Trinajstić information content (AvgIpc) is 3.26. The number of aromatic nitrogens is 4. The first-order valence-electron chi connectivity index (χ1n) is 9.05. The summed E-state index contributed by atoms with van der Waals surface area (Å²) >= 11 is 1.77. The monoisotopic (exact) mass is 386 g/mol. The molecule has 2 N–H and O–H groups in total. The summed E-state index contributed by atoms with van der Waals surface area (Å²) in [7, 11) is 1.60. The van der Waals surface area contributed by atoms with Gasteiger partial charge in [-0.1, -0.05) is 0 Å². The average molecular weight is 386 g/mol. The van der Waals surface area contributed by atoms with Crippen LogP contribution in [0.15, 0.2) is 18.7 Å². The summed E-state index contributed by atoms with van der Waals surface area (Å²) in [4.78, 5) is 23.3. The highest BCUT2D eigenvalue weighted by Crippen LogP contribution is 2.38. The molecule has 0 aliphatic heterocycles. The van der Waals surface area contributed by atoms with Crippen LogP contribution in [0.5, 0.6) is 0 Å². The molecule has 1 aliphatic rings. The minimum Gasteiger partial charge on any atom is -0.383 e. The summed E-state index contributed by atoms with van der Waals surface area (Å²) < 4.78 is 6.53. The van der Waals surface area contributed by atoms with Gasteiger partial charge in [0.2, 0.25) is 5.91 Å². The van der Waals surface area contributed by atoms with Crippen molar-refractivity contribution in [1.82, 2.24) is 25.1 Å². The fourth-order valence-electron chi connectivity index (χ4n) is 3.33. The molecular formula is C18H22N6O2S. The van der Waals surface area contributed by atoms with Crippen LogP contribution in [0.25, 0.3) is 10.2 Å². The molecule has 3 aromatic heterocycles. The van der Waals surface area contributed by atoms with Crippen LogP contribution in [-0.4, -0.2) is 45.9 Å². The van der Waals surface area contributed by atoms with Gasteiger partial charge in [-0.05, 0) is 31.2 Å². The minimum atomic E-state index is -0.0990. The van der Waals surface area contributed by atoms with E-state index < -0.39 is 0 Å². The number of hydrogen-bond acceptors (Lipinski definition) is 7. The van der Waals surface area contributed by atoms with Crippen molar-refractivity contribution in [2.45, 2.75) is 32.2 Å². The van der Waals surface area contributed by atoms with E-state index >= 15 is 0 Å². The zero-order valence-electron chi connectivity index (χ0n) is 15.2. The highest BCUT2D eigenvalue weighted by molar-refractivity contribution is 7.19. The van der Waals surface area contributed by atoms with E-state index in [9.17, 15) is 4.79 Å². The lowest BCUT2D eigenvalue weighted by atomic mass is 9.97. The summed E-state index contributed by atoms with van der Waals surface area (Å²) in [5.41, 5.74) is 2.18. The molecule has 8 nitrogen and oxygen atoms in total. The molecule has 1 aliphatic carbocycles. The van der Waals surface area contributed by atoms with E-state index in [-0.39, 0.29) is 12.5 Å². The molecule has 3 heterocycles. The van der Waals surface area contributed by atoms with Crippen LogP contribution < -0.4 is 10.6 Å². The Balaban J connectivity index is 1.49. The Bertz CT molecular complexity index is 951. The highest BCUT2D eigenvalue weighted by atomic mass is 32.1. The fourth-order valence-corrected chi connectivity index (χ4v) is 4.56. The molecule has 0 fully saturated rings. The third-order valence-corrected chi connectivity index (χ3v) is 5.78. The first-order chi connectivity index (χ1) is 13.2. The number of carbonyl (C=O) groups excluding carboxylic acids is 1. The third-order valence-electron chi connectivity index (χ3n) is 4.58. The third kappa shape index (κ3) is 3.93. The van der Waals surface area contributed by atoms with Gasteiger partial charge in [-0.25, -0.2) is 9.97 Å². The van der Waals surface area contributed by atoms with Gasteiger partial charge < -0.3 is 15.4 Å². The lowest BCUT2D eigenvalue weighted by Crippen LogP contribution is -2.30. The van der Waals surface area contributed by atoms with Crippen molar-refractivity contribution in [1.29, 1.82) is 0 Å². The smallest absolute Gasteiger partial charge is 0.241 e. The summed E-state index contributed by atoms with van der Waals surface area (Å²) in [6, 6.07) is 0. The standard InChI is InChI=1S/C18H22N6O2S/c1-26-7-6-19-15(25)10-24-9-12(8-22-24)23-17-16-13-4-2-3-5-14(13)27-18(16)21-11-20-17/h8-9,11H,2-7,10H2,1H3,(H,19,25)(H,20,21,23). The Hall–Kier alpha value is -2.52. The van der Waals surface area contributed by atoms with Crippen LogP contribution in [0.4, 0.5) is 11.5 Å². The molecule has 3 aromatic rings. The van der Waals surface area contributed by atoms with Gasteiger partial charge in [0.05, 0.1) is 23.9 Å². The lowest BCUT2D eigenvalue weighted by molar-refractivity contribution is -0.122. The predicted octanol–water partition coefficient (Wildman–Crippen LogP) is 2.27. The van der Waals surface area contributed by atoms with Crippen molar-refractivity contribution in [3.8, 4) is 0 Å². The topological polar surface area (TPSA) is 94.0 Å². The number of ether oxygens (including phenoxy) is 1. The van der Waals surface area contributed by atoms with Crippen LogP contribution in [-0.2, 0) is 28.9 Å². The highest BCUT2D eigenvalue weighted by Gasteiger charge is 2.20. The van der Waals surface area contributed by atoms with E-state index in [0.717, 1.165) is 34.6 Å². The number of fused-ring (bicyclic) bond motifs is 3. The maximum Gasteiger partial charge on any atom is 0.241 e. The van der Waals surface area contributed by atoms with Gasteiger partial charge in [-0.2, -0.15) is 5.10 Å². The summed E-state index contributed by atoms with van der Waals surface area (Å²) in [6.45, 7) is 1.15. The number of methoxy groups -OCH3 is 1. The van der Waals surface area contributed by atoms with Gasteiger partial charge in [0.25, 0.3) is 0 Å². The zero-order chi connectivity index (χ0) is 18.6. The van der Waals surface area contributed by atoms with Gasteiger partial charge in [0.15, 0.2) is 0 Å². The molecule has 1 amide bonds. The Morgan fingerprint density at radius 3 is 3.11 bits per heavy atom. The van der Waals surface area contributed by atoms with Crippen molar-refractivity contribution in [2.75, 3.05) is 25.6 Å². The first kappa shape index (κ1) is 17.9. The fraction of sp³-hybridized carbons (Fsp3) is 0.444. The number of rotatable bonds is 7. The quantitative estimate of drug-likeness (QED) is 0.605. The minimum absolute atomic E-state index is 0.0990. The maximum absolute atomic E-state index is 11.9. The number of aryl methyl sites for hydroxylation is 2. The molecule has 0 unspecified atom stereocenters. The van der Waals surface area contributed by atoms with Crippen LogP contribution in [0.1, 0.15) is 23.3 Å². The molecule has 0 aromatic carbocycles. The van der Waals surface area contributed by atoms with E-state index in [0.29, 0.717) is 13.2 Å². The second-order valence-corrected chi connectivity index (χ2v) is 7.59. The first-order valence-corrected chi connectivity index (χ1v) is 9.86. The van der Waals surface area contributed by atoms with Crippen LogP contribution in [0, 0.1) is 0 Å². The molecule has 0 spiro atoms. The van der Waals surface area contributed by atoms with Crippen LogP contribution in [0.3, 0.4) is 0 Å². The SMILES string of the molecule is COCCNC(=O)Cn1cc(Nc2ncnc3sc4c(c23)CCCC4)cn1. The van der Waals surface area contributed by atoms with E-state index in [1.165, 1.54) is 23.3 Å². The molecule has 142 valence electrons.